The number of nitrogens with one attached hydrogen (secondary N) is 1. The van der Waals surface area contributed by atoms with Crippen LogP contribution in [0.5, 0.6) is 0 Å². The molecule has 0 spiro atoms. The molecule has 3 N–H and O–H groups in total. The van der Waals surface area contributed by atoms with Gasteiger partial charge in [-0.1, -0.05) is 6.08 Å². The van der Waals surface area contributed by atoms with E-state index in [2.05, 4.69) is 15.4 Å². The van der Waals surface area contributed by atoms with Gasteiger partial charge < -0.3 is 15.8 Å². The van der Waals surface area contributed by atoms with E-state index in [9.17, 15) is 9.59 Å². The highest BCUT2D eigenvalue weighted by Gasteiger charge is 2.17. The van der Waals surface area contributed by atoms with Crippen LogP contribution in [-0.4, -0.2) is 40.1 Å². The molecule has 0 atom stereocenters. The Kier molecular flexibility index (Phi) is 5.10. The lowest BCUT2D eigenvalue weighted by atomic mass is 10.2. The number of nitrogens with two attached hydrogens (primary N) is 1. The molecule has 2 amide bonds. The molecular formula is C17H17N5O3S. The van der Waals surface area contributed by atoms with E-state index >= 15 is 0 Å². The third kappa shape index (κ3) is 3.63. The minimum atomic E-state index is -0.605. The first kappa shape index (κ1) is 17.8. The molecule has 26 heavy (non-hydrogen) atoms. The van der Waals surface area contributed by atoms with E-state index in [1.165, 1.54) is 29.8 Å². The monoisotopic (exact) mass is 371 g/mol. The van der Waals surface area contributed by atoms with Gasteiger partial charge in [0.1, 0.15) is 4.83 Å². The second-order valence-corrected chi connectivity index (χ2v) is 6.54. The van der Waals surface area contributed by atoms with E-state index in [-0.39, 0.29) is 11.5 Å². The van der Waals surface area contributed by atoms with Crippen LogP contribution in [0.3, 0.4) is 0 Å². The molecule has 0 aliphatic rings. The van der Waals surface area contributed by atoms with Crippen LogP contribution in [0.2, 0.25) is 0 Å². The number of aryl methyl sites for hydroxylation is 1. The fraction of sp³-hybridized carbons (Fsp3) is 0.176. The molecule has 0 aliphatic carbocycles. The number of methoxy groups -OCH3 is 1. The predicted molar refractivity (Wildman–Crippen MR) is 99.4 cm³/mol. The van der Waals surface area contributed by atoms with E-state index in [0.717, 1.165) is 9.71 Å². The summed E-state index contributed by atoms with van der Waals surface area (Å²) in [5, 5.41) is 6.98. The van der Waals surface area contributed by atoms with Gasteiger partial charge in [0.15, 0.2) is 0 Å². The van der Waals surface area contributed by atoms with Crippen molar-refractivity contribution in [1.82, 2.24) is 14.6 Å². The summed E-state index contributed by atoms with van der Waals surface area (Å²) in [5.41, 5.74) is 6.95. The molecule has 3 heterocycles. The number of rotatable bonds is 6. The first-order chi connectivity index (χ1) is 12.5. The van der Waals surface area contributed by atoms with Gasteiger partial charge >= 0.3 is 0 Å². The number of carbonyl (C=O) groups excluding carboxylic acids is 2. The summed E-state index contributed by atoms with van der Waals surface area (Å²) in [6.45, 7) is 2.24. The second-order valence-electron chi connectivity index (χ2n) is 5.47. The number of carbonyl (C=O) groups is 2. The number of primary amides is 1. The molecule has 0 aromatic carbocycles. The number of amides is 2. The number of aromatic nitrogens is 3. The van der Waals surface area contributed by atoms with Crippen LogP contribution in [0.1, 0.15) is 31.3 Å². The van der Waals surface area contributed by atoms with Crippen LogP contribution in [0.25, 0.3) is 10.9 Å². The third-order valence-corrected chi connectivity index (χ3v) is 4.70. The van der Waals surface area contributed by atoms with Gasteiger partial charge in [0.25, 0.3) is 5.91 Å². The van der Waals surface area contributed by atoms with Crippen molar-refractivity contribution in [1.29, 1.82) is 0 Å². The summed E-state index contributed by atoms with van der Waals surface area (Å²) in [6.07, 6.45) is 8.52. The lowest BCUT2D eigenvalue weighted by molar-refractivity contribution is 0.0996. The molecule has 0 radical (unpaired) electrons. The van der Waals surface area contributed by atoms with E-state index in [1.54, 1.807) is 18.5 Å². The molecule has 3 aromatic rings. The third-order valence-electron chi connectivity index (χ3n) is 3.62. The largest absolute Gasteiger partial charge is 0.381 e. The fourth-order valence-corrected chi connectivity index (χ4v) is 3.27. The van der Waals surface area contributed by atoms with Crippen molar-refractivity contribution in [3.05, 3.63) is 52.4 Å². The lowest BCUT2D eigenvalue weighted by Gasteiger charge is -2.07. The van der Waals surface area contributed by atoms with Crippen LogP contribution in [-0.2, 0) is 4.74 Å². The maximum Gasteiger partial charge on any atom is 0.260 e. The van der Waals surface area contributed by atoms with Gasteiger partial charge in [-0.2, -0.15) is 5.10 Å². The Labute approximate surface area is 153 Å². The van der Waals surface area contributed by atoms with Gasteiger partial charge in [-0.25, -0.2) is 4.52 Å². The van der Waals surface area contributed by atoms with E-state index < -0.39 is 5.91 Å². The minimum absolute atomic E-state index is 0.229. The van der Waals surface area contributed by atoms with E-state index in [0.29, 0.717) is 23.6 Å². The van der Waals surface area contributed by atoms with Crippen molar-refractivity contribution in [2.75, 3.05) is 19.0 Å². The van der Waals surface area contributed by atoms with Crippen LogP contribution < -0.4 is 11.1 Å². The summed E-state index contributed by atoms with van der Waals surface area (Å²) in [6, 6.07) is 1.51. The van der Waals surface area contributed by atoms with Crippen LogP contribution in [0, 0.1) is 6.92 Å². The topological polar surface area (TPSA) is 112 Å². The number of hydrogen-bond acceptors (Lipinski definition) is 6. The average Bonchev–Trinajstić information content (AvgIpc) is 3.16. The normalized spacial score (nSPS) is 11.3. The molecule has 0 bridgehead atoms. The first-order valence-corrected chi connectivity index (χ1v) is 8.51. The molecular weight excluding hydrogens is 354 g/mol. The average molecular weight is 371 g/mol. The number of pyridine rings is 1. The highest BCUT2D eigenvalue weighted by Crippen LogP contribution is 2.24. The molecule has 3 rings (SSSR count). The maximum atomic E-state index is 12.7. The lowest BCUT2D eigenvalue weighted by Crippen LogP contribution is -2.16. The molecule has 8 nitrogen and oxygen atoms in total. The SMILES string of the molecule is COC/C=C/c1cn2ncc(C(=O)Nc3cc(C(N)=O)cnc3C)c2s1. The van der Waals surface area contributed by atoms with Crippen molar-refractivity contribution in [2.45, 2.75) is 6.92 Å². The van der Waals surface area contributed by atoms with Crippen molar-refractivity contribution < 1.29 is 14.3 Å². The quantitative estimate of drug-likeness (QED) is 0.689. The zero-order valence-electron chi connectivity index (χ0n) is 14.2. The molecule has 0 saturated carbocycles. The Morgan fingerprint density at radius 2 is 2.23 bits per heavy atom. The van der Waals surface area contributed by atoms with E-state index in [1.807, 2.05) is 18.3 Å². The molecule has 0 aliphatic heterocycles. The molecule has 3 aromatic heterocycles. The summed E-state index contributed by atoms with van der Waals surface area (Å²) in [5.74, 6) is -0.938. The van der Waals surface area contributed by atoms with Crippen LogP contribution in [0.4, 0.5) is 5.69 Å². The van der Waals surface area contributed by atoms with Crippen molar-refractivity contribution in [3.8, 4) is 0 Å². The van der Waals surface area contributed by atoms with Crippen molar-refractivity contribution >= 4 is 39.7 Å². The number of fused-ring (bicyclic) bond motifs is 1. The fourth-order valence-electron chi connectivity index (χ4n) is 2.28. The second kappa shape index (κ2) is 7.46. The number of ether oxygens (including phenoxy) is 1. The summed E-state index contributed by atoms with van der Waals surface area (Å²) < 4.78 is 6.63. The van der Waals surface area contributed by atoms with Gasteiger partial charge in [-0.05, 0) is 19.1 Å². The standard InChI is InChI=1S/C17H17N5O3S/c1-10-14(6-11(7-19-10)15(18)23)21-16(24)13-8-20-22-9-12(26-17(13)22)4-3-5-25-2/h3-4,6-9H,5H2,1-2H3,(H2,18,23)(H,21,24)/b4-3+. The van der Waals surface area contributed by atoms with Gasteiger partial charge in [0.2, 0.25) is 5.91 Å². The number of nitrogens with zero attached hydrogens (tertiary/aromatic N) is 3. The molecule has 0 saturated heterocycles. The summed E-state index contributed by atoms with van der Waals surface area (Å²) in [4.78, 5) is 29.7. The number of hydrogen-bond donors (Lipinski definition) is 2. The number of thiazole rings is 1. The van der Waals surface area contributed by atoms with Gasteiger partial charge in [0.05, 0.1) is 35.3 Å². The summed E-state index contributed by atoms with van der Waals surface area (Å²) >= 11 is 1.44. The smallest absolute Gasteiger partial charge is 0.260 e. The Morgan fingerprint density at radius 1 is 1.42 bits per heavy atom. The Hall–Kier alpha value is -3.04. The first-order valence-electron chi connectivity index (χ1n) is 7.70. The zero-order chi connectivity index (χ0) is 18.7. The molecule has 0 fully saturated rings. The zero-order valence-corrected chi connectivity index (χ0v) is 15.0. The van der Waals surface area contributed by atoms with Crippen LogP contribution in [0.15, 0.2) is 30.7 Å². The van der Waals surface area contributed by atoms with E-state index in [4.69, 9.17) is 10.5 Å². The van der Waals surface area contributed by atoms with Crippen molar-refractivity contribution in [3.63, 3.8) is 0 Å². The van der Waals surface area contributed by atoms with Crippen molar-refractivity contribution in [2.24, 2.45) is 5.73 Å². The number of anilines is 1. The highest BCUT2D eigenvalue weighted by molar-refractivity contribution is 7.18. The Balaban J connectivity index is 1.86. The maximum absolute atomic E-state index is 12.7. The highest BCUT2D eigenvalue weighted by atomic mass is 32.1. The molecule has 0 unspecified atom stereocenters. The van der Waals surface area contributed by atoms with Crippen LogP contribution >= 0.6 is 11.3 Å². The molecule has 134 valence electrons. The van der Waals surface area contributed by atoms with Gasteiger partial charge in [0, 0.05) is 24.4 Å². The Bertz CT molecular complexity index is 1010. The van der Waals surface area contributed by atoms with Gasteiger partial charge in [-0.15, -0.1) is 11.3 Å². The molecule has 9 heteroatoms. The minimum Gasteiger partial charge on any atom is -0.381 e. The Morgan fingerprint density at radius 3 is 2.96 bits per heavy atom. The predicted octanol–water partition coefficient (Wildman–Crippen LogP) is 2.11. The summed E-state index contributed by atoms with van der Waals surface area (Å²) in [7, 11) is 1.62. The van der Waals surface area contributed by atoms with Gasteiger partial charge in [-0.3, -0.25) is 14.6 Å².